The number of pyridine rings is 1. The van der Waals surface area contributed by atoms with Gasteiger partial charge in [0.25, 0.3) is 0 Å². The van der Waals surface area contributed by atoms with Gasteiger partial charge in [-0.1, -0.05) is 13.0 Å². The van der Waals surface area contributed by atoms with Gasteiger partial charge in [0, 0.05) is 18.3 Å². The molecule has 1 aromatic heterocycles. The van der Waals surface area contributed by atoms with Gasteiger partial charge in [0.1, 0.15) is 0 Å². The summed E-state index contributed by atoms with van der Waals surface area (Å²) in [6.45, 7) is 14.3. The summed E-state index contributed by atoms with van der Waals surface area (Å²) in [5.74, 6) is 0. The number of hydrogen-bond acceptors (Lipinski definition) is 3. The summed E-state index contributed by atoms with van der Waals surface area (Å²) in [5, 5.41) is 3.45. The van der Waals surface area contributed by atoms with Crippen LogP contribution in [0.1, 0.15) is 59.2 Å². The summed E-state index contributed by atoms with van der Waals surface area (Å²) >= 11 is 0. The van der Waals surface area contributed by atoms with E-state index < -0.39 is 0 Å². The number of hydrogen-bond donors (Lipinski definition) is 1. The molecular weight excluding hydrogens is 236 g/mol. The molecule has 108 valence electrons. The zero-order valence-corrected chi connectivity index (χ0v) is 13.2. The van der Waals surface area contributed by atoms with Crippen molar-refractivity contribution in [3.63, 3.8) is 0 Å². The van der Waals surface area contributed by atoms with Crippen LogP contribution in [0.15, 0.2) is 18.3 Å². The molecule has 0 radical (unpaired) electrons. The first-order valence-electron chi connectivity index (χ1n) is 7.05. The molecule has 0 spiro atoms. The third-order valence-corrected chi connectivity index (χ3v) is 3.17. The topological polar surface area (TPSA) is 34.1 Å². The molecule has 1 rings (SSSR count). The SMILES string of the molecule is CCC(C)(C)OCc1ccc(CNC(C)(C)C)cn1. The van der Waals surface area contributed by atoms with E-state index in [1.807, 2.05) is 12.3 Å². The molecule has 1 aromatic rings. The van der Waals surface area contributed by atoms with Crippen molar-refractivity contribution in [1.82, 2.24) is 10.3 Å². The molecule has 0 bridgehead atoms. The van der Waals surface area contributed by atoms with Crippen LogP contribution in [-0.2, 0) is 17.9 Å². The molecule has 0 saturated carbocycles. The van der Waals surface area contributed by atoms with E-state index in [1.165, 1.54) is 5.56 Å². The first-order chi connectivity index (χ1) is 8.72. The van der Waals surface area contributed by atoms with Crippen LogP contribution in [0.4, 0.5) is 0 Å². The molecule has 0 atom stereocenters. The van der Waals surface area contributed by atoms with E-state index in [-0.39, 0.29) is 11.1 Å². The Bertz CT molecular complexity index is 377. The van der Waals surface area contributed by atoms with E-state index in [2.05, 4.69) is 57.9 Å². The smallest absolute Gasteiger partial charge is 0.0895 e. The quantitative estimate of drug-likeness (QED) is 0.851. The van der Waals surface area contributed by atoms with E-state index in [1.54, 1.807) is 0 Å². The summed E-state index contributed by atoms with van der Waals surface area (Å²) in [4.78, 5) is 4.45. The summed E-state index contributed by atoms with van der Waals surface area (Å²) in [7, 11) is 0. The molecule has 1 heterocycles. The molecular formula is C16H28N2O. The highest BCUT2D eigenvalue weighted by Gasteiger charge is 2.15. The van der Waals surface area contributed by atoms with Gasteiger partial charge in [-0.25, -0.2) is 0 Å². The highest BCUT2D eigenvalue weighted by molar-refractivity contribution is 5.13. The normalized spacial score (nSPS) is 12.7. The van der Waals surface area contributed by atoms with Crippen molar-refractivity contribution in [2.24, 2.45) is 0 Å². The maximum Gasteiger partial charge on any atom is 0.0895 e. The van der Waals surface area contributed by atoms with E-state index in [0.29, 0.717) is 6.61 Å². The van der Waals surface area contributed by atoms with Crippen LogP contribution in [0.3, 0.4) is 0 Å². The standard InChI is InChI=1S/C16H28N2O/c1-7-16(5,6)19-12-14-9-8-13(10-17-14)11-18-15(2,3)4/h8-10,18H,7,11-12H2,1-6H3. The highest BCUT2D eigenvalue weighted by Crippen LogP contribution is 2.15. The minimum Gasteiger partial charge on any atom is -0.369 e. The second kappa shape index (κ2) is 6.49. The summed E-state index contributed by atoms with van der Waals surface area (Å²) < 4.78 is 5.84. The number of aromatic nitrogens is 1. The number of rotatable bonds is 6. The third-order valence-electron chi connectivity index (χ3n) is 3.17. The molecule has 0 aromatic carbocycles. The van der Waals surface area contributed by atoms with Crippen molar-refractivity contribution in [2.45, 2.75) is 72.3 Å². The van der Waals surface area contributed by atoms with Gasteiger partial charge in [0.2, 0.25) is 0 Å². The Hall–Kier alpha value is -0.930. The molecule has 0 saturated heterocycles. The van der Waals surface area contributed by atoms with Crippen LogP contribution in [-0.4, -0.2) is 16.1 Å². The maximum absolute atomic E-state index is 5.84. The lowest BCUT2D eigenvalue weighted by molar-refractivity contribution is -0.0330. The number of ether oxygens (including phenoxy) is 1. The van der Waals surface area contributed by atoms with Crippen molar-refractivity contribution < 1.29 is 4.74 Å². The molecule has 0 amide bonds. The van der Waals surface area contributed by atoms with Crippen LogP contribution in [0.25, 0.3) is 0 Å². The Morgan fingerprint density at radius 3 is 2.32 bits per heavy atom. The van der Waals surface area contributed by atoms with Crippen LogP contribution >= 0.6 is 0 Å². The monoisotopic (exact) mass is 264 g/mol. The van der Waals surface area contributed by atoms with Crippen molar-refractivity contribution in [3.8, 4) is 0 Å². The van der Waals surface area contributed by atoms with Crippen molar-refractivity contribution >= 4 is 0 Å². The molecule has 3 nitrogen and oxygen atoms in total. The highest BCUT2D eigenvalue weighted by atomic mass is 16.5. The Morgan fingerprint density at radius 1 is 1.16 bits per heavy atom. The van der Waals surface area contributed by atoms with Gasteiger partial charge < -0.3 is 10.1 Å². The molecule has 0 unspecified atom stereocenters. The first-order valence-corrected chi connectivity index (χ1v) is 7.05. The Balaban J connectivity index is 2.48. The van der Waals surface area contributed by atoms with E-state index in [4.69, 9.17) is 4.74 Å². The third kappa shape index (κ3) is 6.69. The van der Waals surface area contributed by atoms with Gasteiger partial charge in [-0.3, -0.25) is 4.98 Å². The predicted molar refractivity (Wildman–Crippen MR) is 80.0 cm³/mol. The van der Waals surface area contributed by atoms with E-state index >= 15 is 0 Å². The van der Waals surface area contributed by atoms with Gasteiger partial charge in [-0.2, -0.15) is 0 Å². The number of nitrogens with one attached hydrogen (secondary N) is 1. The fraction of sp³-hybridized carbons (Fsp3) is 0.688. The van der Waals surface area contributed by atoms with Crippen LogP contribution < -0.4 is 5.32 Å². The Morgan fingerprint density at radius 2 is 1.84 bits per heavy atom. The molecule has 0 aliphatic rings. The number of nitrogens with zero attached hydrogens (tertiary/aromatic N) is 1. The lowest BCUT2D eigenvalue weighted by atomic mass is 10.1. The van der Waals surface area contributed by atoms with Gasteiger partial charge in [0.15, 0.2) is 0 Å². The molecule has 0 fully saturated rings. The zero-order valence-electron chi connectivity index (χ0n) is 13.2. The van der Waals surface area contributed by atoms with Crippen LogP contribution in [0.5, 0.6) is 0 Å². The van der Waals surface area contributed by atoms with E-state index in [0.717, 1.165) is 18.7 Å². The zero-order chi connectivity index (χ0) is 14.5. The van der Waals surface area contributed by atoms with Gasteiger partial charge in [0.05, 0.1) is 17.9 Å². The largest absolute Gasteiger partial charge is 0.369 e. The Labute approximate surface area is 117 Å². The predicted octanol–water partition coefficient (Wildman–Crippen LogP) is 3.67. The van der Waals surface area contributed by atoms with E-state index in [9.17, 15) is 0 Å². The average Bonchev–Trinajstić information content (AvgIpc) is 2.34. The first kappa shape index (κ1) is 16.1. The lowest BCUT2D eigenvalue weighted by Crippen LogP contribution is -2.35. The molecule has 1 N–H and O–H groups in total. The fourth-order valence-electron chi connectivity index (χ4n) is 1.38. The lowest BCUT2D eigenvalue weighted by Gasteiger charge is -2.23. The molecule has 0 aliphatic carbocycles. The fourth-order valence-corrected chi connectivity index (χ4v) is 1.38. The molecule has 3 heteroatoms. The maximum atomic E-state index is 5.84. The van der Waals surface area contributed by atoms with Crippen molar-refractivity contribution in [2.75, 3.05) is 0 Å². The Kier molecular flexibility index (Phi) is 5.50. The summed E-state index contributed by atoms with van der Waals surface area (Å²) in [6.07, 6.45) is 2.93. The van der Waals surface area contributed by atoms with Crippen LogP contribution in [0.2, 0.25) is 0 Å². The molecule has 19 heavy (non-hydrogen) atoms. The second-order valence-electron chi connectivity index (χ2n) is 6.66. The van der Waals surface area contributed by atoms with Gasteiger partial charge in [-0.15, -0.1) is 0 Å². The average molecular weight is 264 g/mol. The van der Waals surface area contributed by atoms with Crippen molar-refractivity contribution in [3.05, 3.63) is 29.6 Å². The second-order valence-corrected chi connectivity index (χ2v) is 6.66. The van der Waals surface area contributed by atoms with Crippen LogP contribution in [0, 0.1) is 0 Å². The molecule has 0 aliphatic heterocycles. The summed E-state index contributed by atoms with van der Waals surface area (Å²) in [5.41, 5.74) is 2.25. The van der Waals surface area contributed by atoms with Gasteiger partial charge >= 0.3 is 0 Å². The minimum atomic E-state index is -0.0753. The summed E-state index contributed by atoms with van der Waals surface area (Å²) in [6, 6.07) is 4.16. The van der Waals surface area contributed by atoms with Gasteiger partial charge in [-0.05, 0) is 52.7 Å². The van der Waals surface area contributed by atoms with Crippen molar-refractivity contribution in [1.29, 1.82) is 0 Å². The minimum absolute atomic E-state index is 0.0753.